The lowest BCUT2D eigenvalue weighted by Crippen LogP contribution is -2.41. The fourth-order valence-corrected chi connectivity index (χ4v) is 3.40. The third-order valence-corrected chi connectivity index (χ3v) is 5.43. The van der Waals surface area contributed by atoms with Crippen LogP contribution in [0.15, 0.2) is 6.20 Å². The van der Waals surface area contributed by atoms with E-state index >= 15 is 0 Å². The van der Waals surface area contributed by atoms with Crippen molar-refractivity contribution in [1.29, 1.82) is 0 Å². The Morgan fingerprint density at radius 3 is 2.46 bits per heavy atom. The summed E-state index contributed by atoms with van der Waals surface area (Å²) in [6, 6.07) is 0. The fraction of sp³-hybridized carbons (Fsp3) is 0.722. The fourth-order valence-electron chi connectivity index (χ4n) is 3.40. The van der Waals surface area contributed by atoms with Gasteiger partial charge in [0.05, 0.1) is 18.6 Å². The molecule has 26 heavy (non-hydrogen) atoms. The summed E-state index contributed by atoms with van der Waals surface area (Å²) in [6.07, 6.45) is 3.49. The van der Waals surface area contributed by atoms with Crippen molar-refractivity contribution >= 4 is 17.7 Å². The van der Waals surface area contributed by atoms with Gasteiger partial charge in [-0.3, -0.25) is 4.79 Å². The number of hydrogen-bond acceptors (Lipinski definition) is 7. The second-order valence-electron chi connectivity index (χ2n) is 7.55. The summed E-state index contributed by atoms with van der Waals surface area (Å²) in [5.41, 5.74) is -0.448. The van der Waals surface area contributed by atoms with Gasteiger partial charge in [0.1, 0.15) is 5.82 Å². The van der Waals surface area contributed by atoms with E-state index in [0.29, 0.717) is 49.6 Å². The molecule has 0 radical (unpaired) electrons. The first-order valence-corrected chi connectivity index (χ1v) is 9.23. The Bertz CT molecular complexity index is 638. The number of nitrogens with zero attached hydrogens (tertiary/aromatic N) is 4. The van der Waals surface area contributed by atoms with Crippen molar-refractivity contribution < 1.29 is 19.7 Å². The highest BCUT2D eigenvalue weighted by Crippen LogP contribution is 2.33. The Hall–Kier alpha value is -1.93. The Morgan fingerprint density at radius 1 is 1.23 bits per heavy atom. The first-order chi connectivity index (χ1) is 12.4. The molecule has 0 saturated carbocycles. The molecule has 2 aliphatic rings. The number of ether oxygens (including phenoxy) is 1. The number of aliphatic carboxylic acids is 1. The van der Waals surface area contributed by atoms with Crippen LogP contribution < -0.4 is 9.80 Å². The highest BCUT2D eigenvalue weighted by Gasteiger charge is 2.35. The predicted molar refractivity (Wildman–Crippen MR) is 97.7 cm³/mol. The maximum Gasteiger partial charge on any atom is 0.313 e. The topological polar surface area (TPSA) is 99.0 Å². The van der Waals surface area contributed by atoms with Crippen molar-refractivity contribution in [2.75, 3.05) is 55.8 Å². The van der Waals surface area contributed by atoms with Crippen LogP contribution in [0.3, 0.4) is 0 Å². The molecule has 0 aromatic carbocycles. The molecule has 0 atom stereocenters. The minimum Gasteiger partial charge on any atom is -0.481 e. The molecule has 2 aliphatic heterocycles. The van der Waals surface area contributed by atoms with E-state index in [-0.39, 0.29) is 6.61 Å². The maximum atomic E-state index is 11.8. The predicted octanol–water partition coefficient (Wildman–Crippen LogP) is 0.884. The zero-order valence-corrected chi connectivity index (χ0v) is 15.5. The van der Waals surface area contributed by atoms with Crippen molar-refractivity contribution in [2.24, 2.45) is 5.92 Å². The van der Waals surface area contributed by atoms with Gasteiger partial charge in [-0.15, -0.1) is 0 Å². The van der Waals surface area contributed by atoms with E-state index in [1.165, 1.54) is 0 Å². The zero-order chi connectivity index (χ0) is 18.7. The molecular weight excluding hydrogens is 336 g/mol. The molecular formula is C18H28N4O4. The normalized spacial score (nSPS) is 19.7. The van der Waals surface area contributed by atoms with E-state index < -0.39 is 11.4 Å². The summed E-state index contributed by atoms with van der Waals surface area (Å²) >= 11 is 0. The van der Waals surface area contributed by atoms with E-state index in [9.17, 15) is 15.0 Å². The van der Waals surface area contributed by atoms with Crippen molar-refractivity contribution in [3.8, 4) is 0 Å². The van der Waals surface area contributed by atoms with Crippen molar-refractivity contribution in [2.45, 2.75) is 32.1 Å². The third kappa shape index (κ3) is 3.76. The second kappa shape index (κ2) is 7.75. The molecule has 3 heterocycles. The maximum absolute atomic E-state index is 11.8. The number of aliphatic hydroxyl groups excluding tert-OH is 1. The molecule has 0 spiro atoms. The summed E-state index contributed by atoms with van der Waals surface area (Å²) in [5.74, 6) is 0.769. The summed E-state index contributed by atoms with van der Waals surface area (Å²) in [5, 5.41) is 19.0. The Morgan fingerprint density at radius 2 is 1.88 bits per heavy atom. The van der Waals surface area contributed by atoms with Gasteiger partial charge in [-0.25, -0.2) is 4.98 Å². The monoisotopic (exact) mass is 364 g/mol. The van der Waals surface area contributed by atoms with Crippen LogP contribution in [0.2, 0.25) is 0 Å². The minimum atomic E-state index is -1.07. The zero-order valence-electron chi connectivity index (χ0n) is 15.5. The number of piperidine rings is 1. The number of rotatable bonds is 5. The number of carbonyl (C=O) groups is 1. The van der Waals surface area contributed by atoms with Gasteiger partial charge in [-0.05, 0) is 32.6 Å². The van der Waals surface area contributed by atoms with E-state index in [1.54, 1.807) is 20.0 Å². The van der Waals surface area contributed by atoms with Gasteiger partial charge in [-0.1, -0.05) is 0 Å². The molecule has 0 aliphatic carbocycles. The molecule has 0 amide bonds. The van der Waals surface area contributed by atoms with Crippen LogP contribution in [0.1, 0.15) is 32.3 Å². The Balaban J connectivity index is 1.92. The number of carboxylic acids is 1. The number of anilines is 2. The lowest BCUT2D eigenvalue weighted by Gasteiger charge is -2.35. The largest absolute Gasteiger partial charge is 0.481 e. The molecule has 1 aromatic rings. The standard InChI is InChI=1S/C18H28N4O4/c1-18(2,16(24)25)14-11-19-17(22-5-3-13(12-23)4-6-22)20-15(14)21-7-9-26-10-8-21/h11,13,23H,3-10,12H2,1-2H3,(H,24,25). The summed E-state index contributed by atoms with van der Waals surface area (Å²) in [6.45, 7) is 7.78. The van der Waals surface area contributed by atoms with Crippen LogP contribution in [0.5, 0.6) is 0 Å². The lowest BCUT2D eigenvalue weighted by molar-refractivity contribution is -0.142. The van der Waals surface area contributed by atoms with Crippen molar-refractivity contribution in [3.05, 3.63) is 11.8 Å². The van der Waals surface area contributed by atoms with Crippen molar-refractivity contribution in [3.63, 3.8) is 0 Å². The molecule has 2 N–H and O–H groups in total. The lowest BCUT2D eigenvalue weighted by atomic mass is 9.85. The molecule has 0 bridgehead atoms. The van der Waals surface area contributed by atoms with Gasteiger partial charge in [0.25, 0.3) is 0 Å². The molecule has 8 heteroatoms. The van der Waals surface area contributed by atoms with E-state index in [1.807, 2.05) is 0 Å². The SMILES string of the molecule is CC(C)(C(=O)O)c1cnc(N2CCC(CO)CC2)nc1N1CCOCC1. The van der Waals surface area contributed by atoms with Crippen LogP contribution >= 0.6 is 0 Å². The average Bonchev–Trinajstić information content (AvgIpc) is 2.68. The molecule has 8 nitrogen and oxygen atoms in total. The van der Waals surface area contributed by atoms with Crippen LogP contribution in [-0.4, -0.2) is 72.1 Å². The van der Waals surface area contributed by atoms with Gasteiger partial charge in [0.2, 0.25) is 5.95 Å². The van der Waals surface area contributed by atoms with Crippen LogP contribution in [0, 0.1) is 5.92 Å². The quantitative estimate of drug-likeness (QED) is 0.795. The Labute approximate surface area is 153 Å². The summed E-state index contributed by atoms with van der Waals surface area (Å²) in [7, 11) is 0. The second-order valence-corrected chi connectivity index (χ2v) is 7.55. The number of hydrogen-bond donors (Lipinski definition) is 2. The van der Waals surface area contributed by atoms with E-state index in [2.05, 4.69) is 14.8 Å². The van der Waals surface area contributed by atoms with Gasteiger partial charge >= 0.3 is 5.97 Å². The van der Waals surface area contributed by atoms with Gasteiger partial charge < -0.3 is 24.7 Å². The average molecular weight is 364 g/mol. The van der Waals surface area contributed by atoms with Crippen molar-refractivity contribution in [1.82, 2.24) is 9.97 Å². The van der Waals surface area contributed by atoms with Crippen LogP contribution in [-0.2, 0) is 14.9 Å². The highest BCUT2D eigenvalue weighted by molar-refractivity contribution is 5.82. The molecule has 2 fully saturated rings. The molecule has 1 aromatic heterocycles. The van der Waals surface area contributed by atoms with Gasteiger partial charge in [0.15, 0.2) is 0 Å². The number of aliphatic hydroxyl groups is 1. The third-order valence-electron chi connectivity index (χ3n) is 5.43. The molecule has 2 saturated heterocycles. The molecule has 0 unspecified atom stereocenters. The Kier molecular flexibility index (Phi) is 5.62. The smallest absolute Gasteiger partial charge is 0.313 e. The molecule has 144 valence electrons. The highest BCUT2D eigenvalue weighted by atomic mass is 16.5. The summed E-state index contributed by atoms with van der Waals surface area (Å²) in [4.78, 5) is 25.3. The first kappa shape index (κ1) is 18.8. The number of morpholine rings is 1. The summed E-state index contributed by atoms with van der Waals surface area (Å²) < 4.78 is 5.43. The first-order valence-electron chi connectivity index (χ1n) is 9.23. The molecule has 3 rings (SSSR count). The van der Waals surface area contributed by atoms with Gasteiger partial charge in [-0.2, -0.15) is 4.98 Å². The van der Waals surface area contributed by atoms with E-state index in [0.717, 1.165) is 25.9 Å². The number of aromatic nitrogens is 2. The van der Waals surface area contributed by atoms with Crippen LogP contribution in [0.4, 0.5) is 11.8 Å². The van der Waals surface area contributed by atoms with E-state index in [4.69, 9.17) is 9.72 Å². The van der Waals surface area contributed by atoms with Gasteiger partial charge in [0, 0.05) is 44.5 Å². The van der Waals surface area contributed by atoms with Crippen LogP contribution in [0.25, 0.3) is 0 Å². The number of carboxylic acid groups (broad SMARTS) is 1. The minimum absolute atomic E-state index is 0.222.